The Balaban J connectivity index is 1.19. The minimum atomic E-state index is -0.547. The number of ether oxygens (including phenoxy) is 3. The summed E-state index contributed by atoms with van der Waals surface area (Å²) >= 11 is 0. The first-order valence-corrected chi connectivity index (χ1v) is 11.8. The number of carbonyl (C=O) groups is 1. The quantitative estimate of drug-likeness (QED) is 0.379. The van der Waals surface area contributed by atoms with Gasteiger partial charge in [0.2, 0.25) is 5.91 Å². The zero-order valence-corrected chi connectivity index (χ0v) is 19.8. The van der Waals surface area contributed by atoms with E-state index < -0.39 is 5.41 Å². The van der Waals surface area contributed by atoms with Crippen molar-refractivity contribution in [2.75, 3.05) is 38.1 Å². The number of methoxy groups -OCH3 is 2. The molecule has 10 heteroatoms. The lowest BCUT2D eigenvalue weighted by atomic mass is 9.91. The fourth-order valence-electron chi connectivity index (χ4n) is 5.36. The molecule has 0 radical (unpaired) electrons. The zero-order chi connectivity index (χ0) is 24.4. The second-order valence-corrected chi connectivity index (χ2v) is 9.48. The summed E-state index contributed by atoms with van der Waals surface area (Å²) in [6, 6.07) is 11.9. The number of benzene rings is 2. The minimum Gasteiger partial charge on any atom is -0.497 e. The topological polar surface area (TPSA) is 123 Å². The van der Waals surface area contributed by atoms with Crippen molar-refractivity contribution in [2.45, 2.75) is 23.7 Å². The molecule has 10 nitrogen and oxygen atoms in total. The number of fused-ring (bicyclic) bond motifs is 3. The van der Waals surface area contributed by atoms with Gasteiger partial charge in [-0.05, 0) is 47.9 Å². The average molecular weight is 485 g/mol. The molecule has 0 unspecified atom stereocenters. The number of carbonyl (C=O) groups excluding carboxylic acids is 1. The number of nitrogens with zero attached hydrogens (tertiary/aromatic N) is 3. The van der Waals surface area contributed by atoms with Gasteiger partial charge in [-0.2, -0.15) is 5.10 Å². The van der Waals surface area contributed by atoms with Crippen LogP contribution in [0.2, 0.25) is 0 Å². The molecule has 2 aromatic carbocycles. The molecule has 4 aromatic rings. The van der Waals surface area contributed by atoms with Gasteiger partial charge in [0, 0.05) is 17.0 Å². The van der Waals surface area contributed by atoms with Crippen molar-refractivity contribution in [2.24, 2.45) is 0 Å². The molecule has 0 bridgehead atoms. The third-order valence-corrected chi connectivity index (χ3v) is 7.54. The molecule has 1 aliphatic carbocycles. The average Bonchev–Trinajstić information content (AvgIpc) is 3.41. The number of H-pyrrole nitrogens is 1. The van der Waals surface area contributed by atoms with E-state index in [4.69, 9.17) is 14.2 Å². The predicted octanol–water partition coefficient (Wildman–Crippen LogP) is 3.60. The molecule has 4 heterocycles. The van der Waals surface area contributed by atoms with Crippen LogP contribution in [0, 0.1) is 0 Å². The maximum atomic E-state index is 13.0. The molecular weight excluding hydrogens is 460 g/mol. The Kier molecular flexibility index (Phi) is 4.50. The van der Waals surface area contributed by atoms with Crippen molar-refractivity contribution < 1.29 is 19.0 Å². The highest BCUT2D eigenvalue weighted by atomic mass is 16.5. The van der Waals surface area contributed by atoms with Crippen molar-refractivity contribution in [3.05, 3.63) is 59.5 Å². The maximum absolute atomic E-state index is 13.0. The van der Waals surface area contributed by atoms with Crippen molar-refractivity contribution in [1.29, 1.82) is 0 Å². The van der Waals surface area contributed by atoms with Crippen molar-refractivity contribution in [1.82, 2.24) is 20.2 Å². The summed E-state index contributed by atoms with van der Waals surface area (Å²) in [7, 11) is 3.23. The fourth-order valence-corrected chi connectivity index (χ4v) is 5.36. The normalized spacial score (nSPS) is 22.3. The molecule has 7 rings (SSSR count). The summed E-state index contributed by atoms with van der Waals surface area (Å²) in [5.74, 6) is 3.53. The largest absolute Gasteiger partial charge is 0.497 e. The molecule has 3 N–H and O–H groups in total. The van der Waals surface area contributed by atoms with E-state index in [1.54, 1.807) is 20.4 Å². The van der Waals surface area contributed by atoms with Crippen LogP contribution in [0.5, 0.6) is 11.5 Å². The summed E-state index contributed by atoms with van der Waals surface area (Å²) in [5, 5.41) is 14.9. The van der Waals surface area contributed by atoms with Gasteiger partial charge in [-0.25, -0.2) is 9.97 Å². The molecule has 1 saturated carbocycles. The van der Waals surface area contributed by atoms with Gasteiger partial charge in [0.15, 0.2) is 17.4 Å². The number of anilines is 3. The lowest BCUT2D eigenvalue weighted by Gasteiger charge is -2.24. The highest BCUT2D eigenvalue weighted by Gasteiger charge is 2.65. The Hall–Kier alpha value is -4.18. The summed E-state index contributed by atoms with van der Waals surface area (Å²) in [4.78, 5) is 22.1. The Bertz CT molecular complexity index is 1530. The number of hydrogen-bond donors (Lipinski definition) is 3. The van der Waals surface area contributed by atoms with Crippen LogP contribution in [0.3, 0.4) is 0 Å². The molecule has 1 amide bonds. The van der Waals surface area contributed by atoms with E-state index in [2.05, 4.69) is 42.9 Å². The van der Waals surface area contributed by atoms with Gasteiger partial charge >= 0.3 is 0 Å². The SMILES string of the molecule is COc1ccc2c(c1)[C@]1(C[C@H]1c1ccc3c(Nc4nc(C5COC5)ncc4OC)n[nH]c3c1)C(=O)N2. The van der Waals surface area contributed by atoms with E-state index in [0.717, 1.165) is 45.7 Å². The zero-order valence-electron chi connectivity index (χ0n) is 19.8. The number of hydrogen-bond acceptors (Lipinski definition) is 8. The molecule has 2 aromatic heterocycles. The Labute approximate surface area is 206 Å². The number of nitrogens with one attached hydrogen (secondary N) is 3. The van der Waals surface area contributed by atoms with Crippen LogP contribution in [0.1, 0.15) is 35.2 Å². The van der Waals surface area contributed by atoms with Gasteiger partial charge in [-0.1, -0.05) is 6.07 Å². The molecule has 182 valence electrons. The first kappa shape index (κ1) is 21.1. The number of aromatic amines is 1. The summed E-state index contributed by atoms with van der Waals surface area (Å²) in [5.41, 5.74) is 3.29. The van der Waals surface area contributed by atoms with E-state index in [9.17, 15) is 4.79 Å². The minimum absolute atomic E-state index is 0.0475. The van der Waals surface area contributed by atoms with Gasteiger partial charge in [-0.3, -0.25) is 9.89 Å². The van der Waals surface area contributed by atoms with Crippen LogP contribution in [0.25, 0.3) is 10.9 Å². The third-order valence-electron chi connectivity index (χ3n) is 7.54. The fraction of sp³-hybridized carbons (Fsp3) is 0.308. The molecule has 36 heavy (non-hydrogen) atoms. The van der Waals surface area contributed by atoms with Gasteiger partial charge < -0.3 is 24.8 Å². The second kappa shape index (κ2) is 7.66. The molecule has 2 atom stereocenters. The van der Waals surface area contributed by atoms with Crippen molar-refractivity contribution in [3.8, 4) is 11.5 Å². The lowest BCUT2D eigenvalue weighted by Crippen LogP contribution is -2.27. The van der Waals surface area contributed by atoms with E-state index in [1.807, 2.05) is 24.3 Å². The van der Waals surface area contributed by atoms with E-state index in [-0.39, 0.29) is 17.7 Å². The molecule has 3 aliphatic rings. The molecular formula is C26H24N6O4. The molecule has 1 spiro atoms. The lowest BCUT2D eigenvalue weighted by molar-refractivity contribution is -0.118. The standard InChI is InChI=1S/C26H24N6O4/c1-34-15-4-6-19-17(8-15)26(25(33)28-19)9-18(26)13-3-5-16-20(7-13)31-32-23(16)30-24-21(35-2)10-27-22(29-24)14-11-36-12-14/h3-8,10,14,18H,9,11-12H2,1-2H3,(H,28,33)(H2,27,29,30,31,32)/t18-,26-/m0/s1. The number of rotatable bonds is 6. The van der Waals surface area contributed by atoms with Crippen LogP contribution in [0.15, 0.2) is 42.6 Å². The third kappa shape index (κ3) is 3.00. The van der Waals surface area contributed by atoms with Crippen LogP contribution in [-0.4, -0.2) is 53.5 Å². The van der Waals surface area contributed by atoms with Gasteiger partial charge in [0.1, 0.15) is 11.6 Å². The molecule has 2 fully saturated rings. The maximum Gasteiger partial charge on any atom is 0.235 e. The number of amides is 1. The van der Waals surface area contributed by atoms with E-state index >= 15 is 0 Å². The van der Waals surface area contributed by atoms with Gasteiger partial charge in [0.05, 0.1) is 50.5 Å². The highest BCUT2D eigenvalue weighted by molar-refractivity contribution is 6.10. The van der Waals surface area contributed by atoms with Crippen LogP contribution in [0.4, 0.5) is 17.3 Å². The van der Waals surface area contributed by atoms with Gasteiger partial charge in [-0.15, -0.1) is 0 Å². The summed E-state index contributed by atoms with van der Waals surface area (Å²) in [6.07, 6.45) is 2.43. The molecule has 1 saturated heterocycles. The summed E-state index contributed by atoms with van der Waals surface area (Å²) in [6.45, 7) is 1.25. The van der Waals surface area contributed by atoms with Crippen LogP contribution < -0.4 is 20.1 Å². The predicted molar refractivity (Wildman–Crippen MR) is 132 cm³/mol. The van der Waals surface area contributed by atoms with Gasteiger partial charge in [0.25, 0.3) is 0 Å². The van der Waals surface area contributed by atoms with E-state index in [0.29, 0.717) is 30.6 Å². The first-order chi connectivity index (χ1) is 17.6. The van der Waals surface area contributed by atoms with E-state index in [1.165, 1.54) is 0 Å². The Morgan fingerprint density at radius 2 is 2.00 bits per heavy atom. The van der Waals surface area contributed by atoms with Crippen LogP contribution >= 0.6 is 0 Å². The highest BCUT2D eigenvalue weighted by Crippen LogP contribution is 2.65. The monoisotopic (exact) mass is 484 g/mol. The molecule has 2 aliphatic heterocycles. The Morgan fingerprint density at radius 3 is 2.78 bits per heavy atom. The first-order valence-electron chi connectivity index (χ1n) is 11.8. The van der Waals surface area contributed by atoms with Crippen molar-refractivity contribution in [3.63, 3.8) is 0 Å². The smallest absolute Gasteiger partial charge is 0.235 e. The second-order valence-electron chi connectivity index (χ2n) is 9.48. The van der Waals surface area contributed by atoms with Crippen LogP contribution in [-0.2, 0) is 14.9 Å². The Morgan fingerprint density at radius 1 is 1.11 bits per heavy atom. The van der Waals surface area contributed by atoms with Crippen molar-refractivity contribution >= 4 is 34.1 Å². The number of aromatic nitrogens is 4. The summed E-state index contributed by atoms with van der Waals surface area (Å²) < 4.78 is 16.1.